The molecule has 0 saturated heterocycles. The summed E-state index contributed by atoms with van der Waals surface area (Å²) in [7, 11) is 0. The van der Waals surface area contributed by atoms with Gasteiger partial charge in [-0.25, -0.2) is 4.79 Å². The highest BCUT2D eigenvalue weighted by atomic mass is 16.6. The molecule has 0 aromatic heterocycles. The third-order valence-corrected chi connectivity index (χ3v) is 4.25. The van der Waals surface area contributed by atoms with Gasteiger partial charge in [-0.2, -0.15) is 0 Å². The topological polar surface area (TPSA) is 64.3 Å². The molecular weight excluding hydrogens is 252 g/mol. The summed E-state index contributed by atoms with van der Waals surface area (Å²) in [5.74, 6) is 0.351. The molecule has 20 heavy (non-hydrogen) atoms. The van der Waals surface area contributed by atoms with Crippen molar-refractivity contribution in [2.24, 2.45) is 17.1 Å². The first-order valence-corrected chi connectivity index (χ1v) is 7.90. The van der Waals surface area contributed by atoms with Crippen molar-refractivity contribution in [3.8, 4) is 0 Å². The van der Waals surface area contributed by atoms with Gasteiger partial charge in [-0.15, -0.1) is 0 Å². The van der Waals surface area contributed by atoms with Gasteiger partial charge in [0.1, 0.15) is 5.60 Å². The van der Waals surface area contributed by atoms with Gasteiger partial charge in [0.25, 0.3) is 0 Å². The number of ether oxygens (including phenoxy) is 1. The van der Waals surface area contributed by atoms with Crippen molar-refractivity contribution in [2.45, 2.75) is 78.4 Å². The average Bonchev–Trinajstić information content (AvgIpc) is 2.34. The molecule has 1 aliphatic rings. The molecule has 3 N–H and O–H groups in total. The molecule has 1 rings (SSSR count). The lowest BCUT2D eigenvalue weighted by Gasteiger charge is -2.45. The maximum Gasteiger partial charge on any atom is 0.407 e. The zero-order valence-corrected chi connectivity index (χ0v) is 13.8. The third kappa shape index (κ3) is 4.65. The standard InChI is InChI=1S/C16H32N2O2/c1-12(2)13(18-14(19)20-15(3,4)5)16(11-17)9-7-6-8-10-16/h12-13H,6-11,17H2,1-5H3,(H,18,19). The molecule has 0 aromatic rings. The van der Waals surface area contributed by atoms with Crippen molar-refractivity contribution in [3.63, 3.8) is 0 Å². The van der Waals surface area contributed by atoms with E-state index in [-0.39, 0.29) is 17.6 Å². The maximum atomic E-state index is 12.1. The van der Waals surface area contributed by atoms with E-state index in [0.717, 1.165) is 12.8 Å². The largest absolute Gasteiger partial charge is 0.444 e. The van der Waals surface area contributed by atoms with E-state index in [1.54, 1.807) is 0 Å². The maximum absolute atomic E-state index is 12.1. The smallest absolute Gasteiger partial charge is 0.407 e. The minimum Gasteiger partial charge on any atom is -0.444 e. The Balaban J connectivity index is 2.79. The molecule has 0 heterocycles. The second-order valence-electron chi connectivity index (χ2n) is 7.50. The minimum atomic E-state index is -0.464. The summed E-state index contributed by atoms with van der Waals surface area (Å²) in [5, 5.41) is 3.09. The Morgan fingerprint density at radius 2 is 1.80 bits per heavy atom. The van der Waals surface area contributed by atoms with Gasteiger partial charge in [0.2, 0.25) is 0 Å². The van der Waals surface area contributed by atoms with Crippen LogP contribution in [0.2, 0.25) is 0 Å². The molecule has 4 heteroatoms. The van der Waals surface area contributed by atoms with Crippen LogP contribution in [0.3, 0.4) is 0 Å². The van der Waals surface area contributed by atoms with Crippen LogP contribution in [0.25, 0.3) is 0 Å². The molecule has 1 saturated carbocycles. The molecule has 0 bridgehead atoms. The normalized spacial score (nSPS) is 20.6. The summed E-state index contributed by atoms with van der Waals surface area (Å²) < 4.78 is 5.41. The first-order valence-electron chi connectivity index (χ1n) is 7.90. The second-order valence-corrected chi connectivity index (χ2v) is 7.50. The molecule has 0 aromatic carbocycles. The number of rotatable bonds is 4. The van der Waals surface area contributed by atoms with E-state index in [2.05, 4.69) is 19.2 Å². The number of carbonyl (C=O) groups excluding carboxylic acids is 1. The lowest BCUT2D eigenvalue weighted by molar-refractivity contribution is 0.0345. The molecule has 118 valence electrons. The third-order valence-electron chi connectivity index (χ3n) is 4.25. The van der Waals surface area contributed by atoms with E-state index in [9.17, 15) is 4.79 Å². The number of hydrogen-bond donors (Lipinski definition) is 2. The van der Waals surface area contributed by atoms with Crippen LogP contribution in [0.1, 0.15) is 66.7 Å². The Labute approximate surface area is 123 Å². The highest BCUT2D eigenvalue weighted by Crippen LogP contribution is 2.40. The number of alkyl carbamates (subject to hydrolysis) is 1. The highest BCUT2D eigenvalue weighted by Gasteiger charge is 2.41. The number of amides is 1. The molecule has 0 radical (unpaired) electrons. The molecule has 1 unspecified atom stereocenters. The monoisotopic (exact) mass is 284 g/mol. The molecule has 0 aliphatic heterocycles. The van der Waals surface area contributed by atoms with Gasteiger partial charge in [0, 0.05) is 11.5 Å². The predicted octanol–water partition coefficient (Wildman–Crippen LogP) is 3.44. The Kier molecular flexibility index (Phi) is 5.87. The van der Waals surface area contributed by atoms with Gasteiger partial charge in [0.15, 0.2) is 0 Å². The van der Waals surface area contributed by atoms with Crippen molar-refractivity contribution in [1.29, 1.82) is 0 Å². The van der Waals surface area contributed by atoms with E-state index in [4.69, 9.17) is 10.5 Å². The Morgan fingerprint density at radius 1 is 1.25 bits per heavy atom. The first-order chi connectivity index (χ1) is 9.20. The van der Waals surface area contributed by atoms with Crippen LogP contribution in [-0.4, -0.2) is 24.3 Å². The molecule has 0 spiro atoms. The van der Waals surface area contributed by atoms with Crippen LogP contribution in [0, 0.1) is 11.3 Å². The zero-order chi connectivity index (χ0) is 15.4. The van der Waals surface area contributed by atoms with Gasteiger partial charge < -0.3 is 15.8 Å². The van der Waals surface area contributed by atoms with E-state index in [0.29, 0.717) is 12.5 Å². The fraction of sp³-hybridized carbons (Fsp3) is 0.938. The van der Waals surface area contributed by atoms with Crippen LogP contribution in [0.4, 0.5) is 4.79 Å². The second kappa shape index (κ2) is 6.79. The van der Waals surface area contributed by atoms with Crippen LogP contribution in [-0.2, 0) is 4.74 Å². The molecule has 1 atom stereocenters. The van der Waals surface area contributed by atoms with Gasteiger partial charge >= 0.3 is 6.09 Å². The lowest BCUT2D eigenvalue weighted by Crippen LogP contribution is -2.55. The molecule has 4 nitrogen and oxygen atoms in total. The van der Waals surface area contributed by atoms with Crippen molar-refractivity contribution in [1.82, 2.24) is 5.32 Å². The number of carbonyl (C=O) groups is 1. The van der Waals surface area contributed by atoms with Crippen LogP contribution in [0.15, 0.2) is 0 Å². The summed E-state index contributed by atoms with van der Waals surface area (Å²) in [6.07, 6.45) is 5.56. The van der Waals surface area contributed by atoms with E-state index in [1.807, 2.05) is 20.8 Å². The Hall–Kier alpha value is -0.770. The van der Waals surface area contributed by atoms with E-state index in [1.165, 1.54) is 19.3 Å². The summed E-state index contributed by atoms with van der Waals surface area (Å²) in [6, 6.07) is 0.0858. The number of nitrogens with one attached hydrogen (secondary N) is 1. The quantitative estimate of drug-likeness (QED) is 0.831. The summed E-state index contributed by atoms with van der Waals surface area (Å²) in [6.45, 7) is 10.6. The Bertz CT molecular complexity index is 315. The van der Waals surface area contributed by atoms with E-state index >= 15 is 0 Å². The highest BCUT2D eigenvalue weighted by molar-refractivity contribution is 5.68. The molecular formula is C16H32N2O2. The van der Waals surface area contributed by atoms with Crippen molar-refractivity contribution in [3.05, 3.63) is 0 Å². The van der Waals surface area contributed by atoms with Gasteiger partial charge in [-0.3, -0.25) is 0 Å². The van der Waals surface area contributed by atoms with Crippen molar-refractivity contribution in [2.75, 3.05) is 6.54 Å². The zero-order valence-electron chi connectivity index (χ0n) is 13.8. The molecule has 1 amide bonds. The lowest BCUT2D eigenvalue weighted by atomic mass is 9.66. The van der Waals surface area contributed by atoms with E-state index < -0.39 is 5.60 Å². The van der Waals surface area contributed by atoms with Gasteiger partial charge in [0.05, 0.1) is 0 Å². The first kappa shape index (κ1) is 17.3. The molecule has 1 aliphatic carbocycles. The summed E-state index contributed by atoms with van der Waals surface area (Å²) in [5.41, 5.74) is 5.65. The Morgan fingerprint density at radius 3 is 2.20 bits per heavy atom. The van der Waals surface area contributed by atoms with Crippen LogP contribution >= 0.6 is 0 Å². The van der Waals surface area contributed by atoms with Crippen LogP contribution < -0.4 is 11.1 Å². The van der Waals surface area contributed by atoms with Crippen molar-refractivity contribution < 1.29 is 9.53 Å². The van der Waals surface area contributed by atoms with Crippen LogP contribution in [0.5, 0.6) is 0 Å². The SMILES string of the molecule is CC(C)C(NC(=O)OC(C)(C)C)C1(CN)CCCCC1. The number of nitrogens with two attached hydrogens (primary N) is 1. The fourth-order valence-corrected chi connectivity index (χ4v) is 3.36. The van der Waals surface area contributed by atoms with Crippen molar-refractivity contribution >= 4 is 6.09 Å². The summed E-state index contributed by atoms with van der Waals surface area (Å²) >= 11 is 0. The van der Waals surface area contributed by atoms with Gasteiger partial charge in [-0.1, -0.05) is 33.1 Å². The fourth-order valence-electron chi connectivity index (χ4n) is 3.36. The molecule has 1 fully saturated rings. The average molecular weight is 284 g/mol. The number of hydrogen-bond acceptors (Lipinski definition) is 3. The predicted molar refractivity (Wildman–Crippen MR) is 82.6 cm³/mol. The van der Waals surface area contributed by atoms with Gasteiger partial charge in [-0.05, 0) is 46.1 Å². The minimum absolute atomic E-state index is 0.0311. The summed E-state index contributed by atoms with van der Waals surface area (Å²) in [4.78, 5) is 12.1.